The highest BCUT2D eigenvalue weighted by molar-refractivity contribution is 5.29. The first-order chi connectivity index (χ1) is 9.81. The van der Waals surface area contributed by atoms with E-state index in [2.05, 4.69) is 9.80 Å². The highest BCUT2D eigenvalue weighted by atomic mass is 19.1. The number of morpholine rings is 1. The Kier molecular flexibility index (Phi) is 4.65. The van der Waals surface area contributed by atoms with E-state index < -0.39 is 0 Å². The van der Waals surface area contributed by atoms with Crippen molar-refractivity contribution in [3.63, 3.8) is 0 Å². The quantitative estimate of drug-likeness (QED) is 0.837. The van der Waals surface area contributed by atoms with Crippen molar-refractivity contribution in [3.8, 4) is 0 Å². The van der Waals surface area contributed by atoms with Crippen molar-refractivity contribution in [2.75, 3.05) is 45.9 Å². The fourth-order valence-electron chi connectivity index (χ4n) is 3.12. The van der Waals surface area contributed by atoms with Gasteiger partial charge < -0.3 is 4.74 Å². The summed E-state index contributed by atoms with van der Waals surface area (Å²) in [6.07, 6.45) is 2.23. The van der Waals surface area contributed by atoms with Crippen molar-refractivity contribution in [3.05, 3.63) is 35.1 Å². The summed E-state index contributed by atoms with van der Waals surface area (Å²) < 4.78 is 18.6. The number of ether oxygens (including phenoxy) is 1. The first-order valence-electron chi connectivity index (χ1n) is 7.61. The molecule has 1 fully saturated rings. The van der Waals surface area contributed by atoms with Crippen LogP contribution in [0.4, 0.5) is 4.39 Å². The van der Waals surface area contributed by atoms with Gasteiger partial charge in [0.1, 0.15) is 5.82 Å². The molecule has 0 bridgehead atoms. The first-order valence-corrected chi connectivity index (χ1v) is 7.61. The van der Waals surface area contributed by atoms with Crippen LogP contribution in [0.2, 0.25) is 0 Å². The van der Waals surface area contributed by atoms with Crippen molar-refractivity contribution in [1.29, 1.82) is 0 Å². The minimum absolute atomic E-state index is 0.112. The van der Waals surface area contributed by atoms with Crippen LogP contribution >= 0.6 is 0 Å². The SMILES string of the molecule is Fc1ccc2c(c1)CN(CCCN1CCOCC1)CC2. The normalized spacial score (nSPS) is 20.9. The van der Waals surface area contributed by atoms with Crippen LogP contribution in [0.15, 0.2) is 18.2 Å². The van der Waals surface area contributed by atoms with E-state index in [9.17, 15) is 4.39 Å². The zero-order valence-electron chi connectivity index (χ0n) is 12.0. The van der Waals surface area contributed by atoms with Gasteiger partial charge in [-0.1, -0.05) is 6.07 Å². The molecule has 0 aromatic heterocycles. The Morgan fingerprint density at radius 2 is 1.80 bits per heavy atom. The van der Waals surface area contributed by atoms with Crippen LogP contribution in [0.25, 0.3) is 0 Å². The molecule has 0 amide bonds. The van der Waals surface area contributed by atoms with Gasteiger partial charge in [0.15, 0.2) is 0 Å². The number of hydrogen-bond donors (Lipinski definition) is 0. The van der Waals surface area contributed by atoms with Gasteiger partial charge in [-0.25, -0.2) is 4.39 Å². The van der Waals surface area contributed by atoms with Crippen molar-refractivity contribution < 1.29 is 9.13 Å². The molecular weight excluding hydrogens is 255 g/mol. The first kappa shape index (κ1) is 14.0. The van der Waals surface area contributed by atoms with E-state index in [1.54, 1.807) is 12.1 Å². The van der Waals surface area contributed by atoms with Crippen molar-refractivity contribution in [1.82, 2.24) is 9.80 Å². The summed E-state index contributed by atoms with van der Waals surface area (Å²) in [5, 5.41) is 0. The lowest BCUT2D eigenvalue weighted by Crippen LogP contribution is -2.38. The maximum absolute atomic E-state index is 13.3. The zero-order chi connectivity index (χ0) is 13.8. The second kappa shape index (κ2) is 6.66. The van der Waals surface area contributed by atoms with E-state index in [1.807, 2.05) is 6.07 Å². The second-order valence-electron chi connectivity index (χ2n) is 5.75. The number of nitrogens with zero attached hydrogens (tertiary/aromatic N) is 2. The fraction of sp³-hybridized carbons (Fsp3) is 0.625. The van der Waals surface area contributed by atoms with Gasteiger partial charge in [-0.3, -0.25) is 9.80 Å². The molecule has 2 heterocycles. The smallest absolute Gasteiger partial charge is 0.123 e. The summed E-state index contributed by atoms with van der Waals surface area (Å²) in [6, 6.07) is 5.21. The molecular formula is C16H23FN2O. The molecule has 110 valence electrons. The molecule has 4 heteroatoms. The maximum atomic E-state index is 13.3. The molecule has 3 nitrogen and oxygen atoms in total. The summed E-state index contributed by atoms with van der Waals surface area (Å²) in [7, 11) is 0. The highest BCUT2D eigenvalue weighted by Crippen LogP contribution is 2.20. The molecule has 0 atom stereocenters. The van der Waals surface area contributed by atoms with Gasteiger partial charge in [0.25, 0.3) is 0 Å². The number of rotatable bonds is 4. The third-order valence-electron chi connectivity index (χ3n) is 4.31. The Morgan fingerprint density at radius 3 is 2.65 bits per heavy atom. The maximum Gasteiger partial charge on any atom is 0.123 e. The highest BCUT2D eigenvalue weighted by Gasteiger charge is 2.17. The van der Waals surface area contributed by atoms with E-state index in [-0.39, 0.29) is 5.82 Å². The predicted molar refractivity (Wildman–Crippen MR) is 77.3 cm³/mol. The molecule has 1 aromatic rings. The molecule has 2 aliphatic heterocycles. The molecule has 0 spiro atoms. The minimum atomic E-state index is -0.112. The van der Waals surface area contributed by atoms with Crippen LogP contribution in [0.1, 0.15) is 17.5 Å². The Labute approximate surface area is 120 Å². The van der Waals surface area contributed by atoms with Crippen LogP contribution in [0.3, 0.4) is 0 Å². The summed E-state index contributed by atoms with van der Waals surface area (Å²) in [5.41, 5.74) is 2.48. The monoisotopic (exact) mass is 278 g/mol. The van der Waals surface area contributed by atoms with Gasteiger partial charge in [-0.05, 0) is 49.2 Å². The van der Waals surface area contributed by atoms with E-state index in [4.69, 9.17) is 4.74 Å². The molecule has 1 saturated heterocycles. The lowest BCUT2D eigenvalue weighted by molar-refractivity contribution is 0.0359. The lowest BCUT2D eigenvalue weighted by atomic mass is 9.99. The van der Waals surface area contributed by atoms with Gasteiger partial charge in [0.05, 0.1) is 13.2 Å². The summed E-state index contributed by atoms with van der Waals surface area (Å²) in [6.45, 7) is 8.12. The van der Waals surface area contributed by atoms with Gasteiger partial charge in [0.2, 0.25) is 0 Å². The van der Waals surface area contributed by atoms with Gasteiger partial charge in [-0.15, -0.1) is 0 Å². The average molecular weight is 278 g/mol. The standard InChI is InChI=1S/C16H23FN2O/c17-16-3-2-14-4-7-19(13-15(14)12-16)6-1-5-18-8-10-20-11-9-18/h2-3,12H,1,4-11,13H2. The summed E-state index contributed by atoms with van der Waals surface area (Å²) >= 11 is 0. The number of fused-ring (bicyclic) bond motifs is 1. The van der Waals surface area contributed by atoms with Gasteiger partial charge in [-0.2, -0.15) is 0 Å². The van der Waals surface area contributed by atoms with Gasteiger partial charge >= 0.3 is 0 Å². The summed E-state index contributed by atoms with van der Waals surface area (Å²) in [4.78, 5) is 4.92. The largest absolute Gasteiger partial charge is 0.379 e. The van der Waals surface area contributed by atoms with E-state index in [0.717, 1.165) is 58.9 Å². The van der Waals surface area contributed by atoms with E-state index in [1.165, 1.54) is 17.5 Å². The Hall–Kier alpha value is -0.970. The molecule has 0 aliphatic carbocycles. The molecule has 0 unspecified atom stereocenters. The minimum Gasteiger partial charge on any atom is -0.379 e. The topological polar surface area (TPSA) is 15.7 Å². The lowest BCUT2D eigenvalue weighted by Gasteiger charge is -2.31. The average Bonchev–Trinajstić information content (AvgIpc) is 2.48. The molecule has 3 rings (SSSR count). The molecule has 0 radical (unpaired) electrons. The number of halogens is 1. The second-order valence-corrected chi connectivity index (χ2v) is 5.75. The molecule has 1 aromatic carbocycles. The third kappa shape index (κ3) is 3.57. The zero-order valence-corrected chi connectivity index (χ0v) is 12.0. The number of hydrogen-bond acceptors (Lipinski definition) is 3. The summed E-state index contributed by atoms with van der Waals surface area (Å²) in [5.74, 6) is -0.112. The van der Waals surface area contributed by atoms with Crippen LogP contribution in [0, 0.1) is 5.82 Å². The molecule has 0 saturated carbocycles. The van der Waals surface area contributed by atoms with Crippen LogP contribution < -0.4 is 0 Å². The fourth-order valence-corrected chi connectivity index (χ4v) is 3.12. The van der Waals surface area contributed by atoms with E-state index in [0.29, 0.717) is 0 Å². The Balaban J connectivity index is 1.45. The third-order valence-corrected chi connectivity index (χ3v) is 4.31. The molecule has 20 heavy (non-hydrogen) atoms. The number of benzene rings is 1. The Morgan fingerprint density at radius 1 is 1.00 bits per heavy atom. The van der Waals surface area contributed by atoms with Crippen LogP contribution in [0.5, 0.6) is 0 Å². The molecule has 2 aliphatic rings. The molecule has 0 N–H and O–H groups in total. The Bertz CT molecular complexity index is 446. The van der Waals surface area contributed by atoms with Crippen molar-refractivity contribution in [2.24, 2.45) is 0 Å². The van der Waals surface area contributed by atoms with Crippen molar-refractivity contribution >= 4 is 0 Å². The predicted octanol–water partition coefficient (Wildman–Crippen LogP) is 1.91. The van der Waals surface area contributed by atoms with Crippen LogP contribution in [-0.2, 0) is 17.7 Å². The van der Waals surface area contributed by atoms with E-state index >= 15 is 0 Å². The van der Waals surface area contributed by atoms with Gasteiger partial charge in [0, 0.05) is 26.2 Å². The van der Waals surface area contributed by atoms with Crippen molar-refractivity contribution in [2.45, 2.75) is 19.4 Å². The van der Waals surface area contributed by atoms with Crippen LogP contribution in [-0.4, -0.2) is 55.7 Å².